The molecule has 1 N–H and O–H groups in total. The number of aromatic carboxylic acids is 1. The fourth-order valence-corrected chi connectivity index (χ4v) is 2.30. The molecular weight excluding hydrogens is 276 g/mol. The van der Waals surface area contributed by atoms with Crippen molar-refractivity contribution < 1.29 is 9.90 Å². The molecule has 108 valence electrons. The first-order chi connectivity index (χ1) is 8.48. The van der Waals surface area contributed by atoms with E-state index in [-0.39, 0.29) is 48.6 Å². The minimum Gasteiger partial charge on any atom is -0.478 e. The molecule has 0 saturated heterocycles. The molecule has 0 spiro atoms. The molecule has 0 aliphatic rings. The Morgan fingerprint density at radius 1 is 1.00 bits per heavy atom. The smallest absolute Gasteiger partial charge is 0.335 e. The van der Waals surface area contributed by atoms with Crippen molar-refractivity contribution in [2.24, 2.45) is 10.8 Å². The molecule has 3 heteroatoms. The predicted molar refractivity (Wildman–Crippen MR) is 85.5 cm³/mol. The van der Waals surface area contributed by atoms with Gasteiger partial charge in [0.2, 0.25) is 0 Å². The van der Waals surface area contributed by atoms with E-state index in [2.05, 4.69) is 47.6 Å². The van der Waals surface area contributed by atoms with Crippen LogP contribution in [0.1, 0.15) is 63.0 Å². The van der Waals surface area contributed by atoms with Gasteiger partial charge in [0.15, 0.2) is 0 Å². The number of carbonyl (C=O) groups is 1. The zero-order chi connectivity index (χ0) is 14.8. The largest absolute Gasteiger partial charge is 0.478 e. The van der Waals surface area contributed by atoms with Gasteiger partial charge in [0.1, 0.15) is 0 Å². The molecular formula is C17H26CaO2. The van der Waals surface area contributed by atoms with Crippen molar-refractivity contribution in [3.8, 4) is 0 Å². The average molecular weight is 302 g/mol. The van der Waals surface area contributed by atoms with Crippen LogP contribution in [0.4, 0.5) is 0 Å². The molecule has 1 aromatic carbocycles. The van der Waals surface area contributed by atoms with E-state index in [9.17, 15) is 9.90 Å². The van der Waals surface area contributed by atoms with Crippen LogP contribution in [0, 0.1) is 10.8 Å². The van der Waals surface area contributed by atoms with Gasteiger partial charge in [-0.25, -0.2) is 4.79 Å². The number of hydrogen-bond acceptors (Lipinski definition) is 1. The summed E-state index contributed by atoms with van der Waals surface area (Å²) in [7, 11) is 0. The second kappa shape index (κ2) is 7.29. The molecule has 1 aromatic rings. The van der Waals surface area contributed by atoms with Crippen LogP contribution in [-0.2, 0) is 12.8 Å². The van der Waals surface area contributed by atoms with Crippen LogP contribution in [0.2, 0.25) is 0 Å². The third kappa shape index (κ3) is 7.10. The molecule has 2 nitrogen and oxygen atoms in total. The Labute approximate surface area is 153 Å². The summed E-state index contributed by atoms with van der Waals surface area (Å²) < 4.78 is 0. The molecule has 0 saturated carbocycles. The summed E-state index contributed by atoms with van der Waals surface area (Å²) >= 11 is 0. The van der Waals surface area contributed by atoms with Gasteiger partial charge in [-0.05, 0) is 40.9 Å². The van der Waals surface area contributed by atoms with Crippen molar-refractivity contribution in [3.63, 3.8) is 0 Å². The molecule has 20 heavy (non-hydrogen) atoms. The molecule has 0 heterocycles. The maximum Gasteiger partial charge on any atom is 0.335 e. The van der Waals surface area contributed by atoms with Gasteiger partial charge in [-0.1, -0.05) is 53.7 Å². The number of benzene rings is 1. The maximum atomic E-state index is 11.3. The fourth-order valence-electron chi connectivity index (χ4n) is 2.30. The van der Waals surface area contributed by atoms with Crippen molar-refractivity contribution in [2.75, 3.05) is 0 Å². The molecule has 0 aromatic heterocycles. The molecule has 0 bridgehead atoms. The zero-order valence-corrected chi connectivity index (χ0v) is 15.9. The molecule has 0 fully saturated rings. The summed E-state index contributed by atoms with van der Waals surface area (Å²) in [5, 5.41) is 9.29. The normalized spacial score (nSPS) is 11.9. The van der Waals surface area contributed by atoms with E-state index in [1.54, 1.807) is 6.07 Å². The topological polar surface area (TPSA) is 37.3 Å². The van der Waals surface area contributed by atoms with Gasteiger partial charge in [-0.2, -0.15) is 0 Å². The first-order valence-electron chi connectivity index (χ1n) is 6.83. The van der Waals surface area contributed by atoms with E-state index in [0.29, 0.717) is 5.56 Å². The minimum absolute atomic E-state index is 0. The van der Waals surface area contributed by atoms with Crippen LogP contribution >= 0.6 is 0 Å². The maximum absolute atomic E-state index is 11.3. The van der Waals surface area contributed by atoms with E-state index < -0.39 is 5.97 Å². The van der Waals surface area contributed by atoms with Gasteiger partial charge in [-0.15, -0.1) is 0 Å². The summed E-state index contributed by atoms with van der Waals surface area (Å²) in [5.41, 5.74) is 2.90. The Hall–Kier alpha value is -0.0503. The van der Waals surface area contributed by atoms with Gasteiger partial charge >= 0.3 is 5.97 Å². The van der Waals surface area contributed by atoms with Crippen LogP contribution in [0.25, 0.3) is 0 Å². The van der Waals surface area contributed by atoms with Crippen LogP contribution in [0.3, 0.4) is 0 Å². The van der Waals surface area contributed by atoms with Gasteiger partial charge in [-0.3, -0.25) is 0 Å². The van der Waals surface area contributed by atoms with Crippen LogP contribution in [0.15, 0.2) is 18.2 Å². The Morgan fingerprint density at radius 3 is 1.90 bits per heavy atom. The van der Waals surface area contributed by atoms with E-state index in [4.69, 9.17) is 0 Å². The van der Waals surface area contributed by atoms with Crippen molar-refractivity contribution in [3.05, 3.63) is 34.9 Å². The SMILES string of the molecule is CC(C)(C)Cc1ccc(C(=O)O)c(CC(C)(C)C)c1.[Ca]. The van der Waals surface area contributed by atoms with Gasteiger partial charge in [0, 0.05) is 37.7 Å². The first kappa shape index (κ1) is 19.9. The average Bonchev–Trinajstić information content (AvgIpc) is 2.11. The molecule has 2 radical (unpaired) electrons. The van der Waals surface area contributed by atoms with Crippen LogP contribution < -0.4 is 0 Å². The molecule has 0 atom stereocenters. The van der Waals surface area contributed by atoms with Crippen molar-refractivity contribution in [2.45, 2.75) is 54.4 Å². The van der Waals surface area contributed by atoms with Crippen molar-refractivity contribution >= 4 is 43.7 Å². The van der Waals surface area contributed by atoms with E-state index in [0.717, 1.165) is 18.4 Å². The Morgan fingerprint density at radius 2 is 1.50 bits per heavy atom. The minimum atomic E-state index is -0.832. The monoisotopic (exact) mass is 302 g/mol. The molecule has 0 unspecified atom stereocenters. The van der Waals surface area contributed by atoms with E-state index >= 15 is 0 Å². The Bertz CT molecular complexity index is 465. The summed E-state index contributed by atoms with van der Waals surface area (Å²) in [4.78, 5) is 11.3. The van der Waals surface area contributed by atoms with Gasteiger partial charge in [0.05, 0.1) is 5.56 Å². The number of hydrogen-bond donors (Lipinski definition) is 1. The summed E-state index contributed by atoms with van der Waals surface area (Å²) in [6, 6.07) is 5.77. The summed E-state index contributed by atoms with van der Waals surface area (Å²) in [5.74, 6) is -0.832. The predicted octanol–water partition coefficient (Wildman–Crippen LogP) is 4.18. The molecule has 0 aliphatic heterocycles. The summed E-state index contributed by atoms with van der Waals surface area (Å²) in [6.45, 7) is 13.0. The Kier molecular flexibility index (Phi) is 7.27. The second-order valence-electron chi connectivity index (χ2n) is 7.77. The van der Waals surface area contributed by atoms with E-state index in [1.807, 2.05) is 6.07 Å². The quantitative estimate of drug-likeness (QED) is 0.850. The second-order valence-corrected chi connectivity index (χ2v) is 7.77. The number of carboxylic acid groups (broad SMARTS) is 1. The first-order valence-corrected chi connectivity index (χ1v) is 6.83. The molecule has 1 rings (SSSR count). The molecule has 0 amide bonds. The zero-order valence-electron chi connectivity index (χ0n) is 13.7. The summed E-state index contributed by atoms with van der Waals surface area (Å²) in [6.07, 6.45) is 1.75. The van der Waals surface area contributed by atoms with Gasteiger partial charge in [0.25, 0.3) is 0 Å². The number of carboxylic acids is 1. The van der Waals surface area contributed by atoms with Crippen molar-refractivity contribution in [1.82, 2.24) is 0 Å². The van der Waals surface area contributed by atoms with Gasteiger partial charge < -0.3 is 5.11 Å². The van der Waals surface area contributed by atoms with Crippen LogP contribution in [-0.4, -0.2) is 48.8 Å². The Balaban J connectivity index is 0.00000361. The fraction of sp³-hybridized carbons (Fsp3) is 0.588. The standard InChI is InChI=1S/C17H26O2.Ca/c1-16(2,3)10-12-7-8-14(15(18)19)13(9-12)11-17(4,5)6;/h7-9H,10-11H2,1-6H3,(H,18,19);. The third-order valence-corrected chi connectivity index (χ3v) is 2.86. The number of rotatable bonds is 3. The van der Waals surface area contributed by atoms with Crippen LogP contribution in [0.5, 0.6) is 0 Å². The van der Waals surface area contributed by atoms with E-state index in [1.165, 1.54) is 5.56 Å². The third-order valence-electron chi connectivity index (χ3n) is 2.86. The molecule has 0 aliphatic carbocycles. The van der Waals surface area contributed by atoms with Crippen molar-refractivity contribution in [1.29, 1.82) is 0 Å².